The summed E-state index contributed by atoms with van der Waals surface area (Å²) in [6.07, 6.45) is 3.62. The third-order valence-corrected chi connectivity index (χ3v) is 2.87. The molecule has 1 aromatic rings. The van der Waals surface area contributed by atoms with Gasteiger partial charge in [0.05, 0.1) is 0 Å². The number of hydrazine groups is 1. The van der Waals surface area contributed by atoms with Gasteiger partial charge in [0.2, 0.25) is 0 Å². The Bertz CT molecular complexity index is 384. The van der Waals surface area contributed by atoms with Crippen LogP contribution in [0.15, 0.2) is 6.07 Å². The quantitative estimate of drug-likeness (QED) is 0.347. The normalized spacial score (nSPS) is 10.8. The van der Waals surface area contributed by atoms with Gasteiger partial charge in [-0.05, 0) is 19.3 Å². The van der Waals surface area contributed by atoms with E-state index in [1.807, 2.05) is 6.92 Å². The lowest BCUT2D eigenvalue weighted by molar-refractivity contribution is 0.128. The van der Waals surface area contributed by atoms with E-state index in [1.165, 1.54) is 12.8 Å². The SMILES string of the molecule is CCOCc1nc(NN)cc(NCCCCC(C)C)n1. The summed E-state index contributed by atoms with van der Waals surface area (Å²) in [6, 6.07) is 1.80. The fraction of sp³-hybridized carbons (Fsp3) is 0.714. The van der Waals surface area contributed by atoms with Crippen molar-refractivity contribution in [3.05, 3.63) is 11.9 Å². The average Bonchev–Trinajstić information content (AvgIpc) is 2.44. The van der Waals surface area contributed by atoms with E-state index in [0.717, 1.165) is 24.7 Å². The number of nitrogen functional groups attached to an aromatic ring is 1. The zero-order chi connectivity index (χ0) is 14.8. The Kier molecular flexibility index (Phi) is 7.91. The Hall–Kier alpha value is -1.40. The van der Waals surface area contributed by atoms with Crippen molar-refractivity contribution < 1.29 is 4.74 Å². The van der Waals surface area contributed by atoms with E-state index in [9.17, 15) is 0 Å². The first kappa shape index (κ1) is 16.7. The summed E-state index contributed by atoms with van der Waals surface area (Å²) in [5.41, 5.74) is 2.55. The van der Waals surface area contributed by atoms with E-state index < -0.39 is 0 Å². The molecule has 0 bridgehead atoms. The van der Waals surface area contributed by atoms with Crippen LogP contribution in [0.5, 0.6) is 0 Å². The molecule has 1 heterocycles. The van der Waals surface area contributed by atoms with E-state index in [1.54, 1.807) is 6.07 Å². The summed E-state index contributed by atoms with van der Waals surface area (Å²) in [5, 5.41) is 3.31. The highest BCUT2D eigenvalue weighted by atomic mass is 16.5. The van der Waals surface area contributed by atoms with Gasteiger partial charge in [0.15, 0.2) is 5.82 Å². The third kappa shape index (κ3) is 6.68. The van der Waals surface area contributed by atoms with Crippen LogP contribution >= 0.6 is 0 Å². The molecular weight excluding hydrogens is 254 g/mol. The van der Waals surface area contributed by atoms with Gasteiger partial charge < -0.3 is 15.5 Å². The van der Waals surface area contributed by atoms with Crippen LogP contribution in [0, 0.1) is 5.92 Å². The molecule has 0 fully saturated rings. The van der Waals surface area contributed by atoms with E-state index in [-0.39, 0.29) is 0 Å². The second-order valence-corrected chi connectivity index (χ2v) is 5.15. The molecule has 114 valence electrons. The Morgan fingerprint density at radius 1 is 1.25 bits per heavy atom. The van der Waals surface area contributed by atoms with Crippen LogP contribution in [0.1, 0.15) is 45.9 Å². The number of nitrogens with two attached hydrogens (primary N) is 1. The summed E-state index contributed by atoms with van der Waals surface area (Å²) < 4.78 is 5.32. The lowest BCUT2D eigenvalue weighted by atomic mass is 10.1. The van der Waals surface area contributed by atoms with Gasteiger partial charge in [-0.3, -0.25) is 0 Å². The predicted molar refractivity (Wildman–Crippen MR) is 82.4 cm³/mol. The Labute approximate surface area is 121 Å². The first-order chi connectivity index (χ1) is 9.65. The standard InChI is InChI=1S/C14H27N5O/c1-4-20-10-14-17-12(9-13(18-14)19-15)16-8-6-5-7-11(2)3/h9,11H,4-8,10,15H2,1-3H3,(H2,16,17,18,19). The molecule has 0 radical (unpaired) electrons. The molecule has 4 N–H and O–H groups in total. The topological polar surface area (TPSA) is 85.1 Å². The third-order valence-electron chi connectivity index (χ3n) is 2.87. The van der Waals surface area contributed by atoms with Crippen LogP contribution in [0.25, 0.3) is 0 Å². The van der Waals surface area contributed by atoms with Gasteiger partial charge in [0.25, 0.3) is 0 Å². The van der Waals surface area contributed by atoms with E-state index in [0.29, 0.717) is 24.9 Å². The van der Waals surface area contributed by atoms with Crippen LogP contribution in [-0.2, 0) is 11.3 Å². The molecule has 6 heteroatoms. The molecule has 0 spiro atoms. The van der Waals surface area contributed by atoms with Gasteiger partial charge in [0.1, 0.15) is 18.2 Å². The fourth-order valence-corrected chi connectivity index (χ4v) is 1.81. The van der Waals surface area contributed by atoms with E-state index >= 15 is 0 Å². The minimum absolute atomic E-state index is 0.397. The number of hydrogen-bond donors (Lipinski definition) is 3. The highest BCUT2D eigenvalue weighted by Gasteiger charge is 2.04. The van der Waals surface area contributed by atoms with Crippen LogP contribution in [0.4, 0.5) is 11.6 Å². The molecule has 0 unspecified atom stereocenters. The van der Waals surface area contributed by atoms with Crippen LogP contribution in [-0.4, -0.2) is 23.1 Å². The maximum absolute atomic E-state index is 5.42. The summed E-state index contributed by atoms with van der Waals surface area (Å²) >= 11 is 0. The van der Waals surface area contributed by atoms with Crippen molar-refractivity contribution in [2.75, 3.05) is 23.9 Å². The fourth-order valence-electron chi connectivity index (χ4n) is 1.81. The molecule has 0 aromatic carbocycles. The molecular formula is C14H27N5O. The van der Waals surface area contributed by atoms with E-state index in [2.05, 4.69) is 34.6 Å². The number of anilines is 2. The Morgan fingerprint density at radius 2 is 2.00 bits per heavy atom. The Balaban J connectivity index is 2.46. The predicted octanol–water partition coefficient (Wildman–Crippen LogP) is 2.54. The molecule has 0 atom stereocenters. The molecule has 0 aliphatic heterocycles. The zero-order valence-electron chi connectivity index (χ0n) is 12.8. The maximum Gasteiger partial charge on any atom is 0.158 e. The number of ether oxygens (including phenoxy) is 1. The van der Waals surface area contributed by atoms with Crippen LogP contribution < -0.4 is 16.6 Å². The number of unbranched alkanes of at least 4 members (excludes halogenated alkanes) is 1. The van der Waals surface area contributed by atoms with Crippen molar-refractivity contribution in [1.82, 2.24) is 9.97 Å². The first-order valence-corrected chi connectivity index (χ1v) is 7.31. The van der Waals surface area contributed by atoms with Crippen molar-refractivity contribution in [2.24, 2.45) is 11.8 Å². The highest BCUT2D eigenvalue weighted by molar-refractivity contribution is 5.46. The molecule has 6 nitrogen and oxygen atoms in total. The second kappa shape index (κ2) is 9.50. The first-order valence-electron chi connectivity index (χ1n) is 7.31. The van der Waals surface area contributed by atoms with Crippen LogP contribution in [0.2, 0.25) is 0 Å². The van der Waals surface area contributed by atoms with Gasteiger partial charge in [-0.1, -0.05) is 26.7 Å². The summed E-state index contributed by atoms with van der Waals surface area (Å²) in [7, 11) is 0. The number of nitrogens with zero attached hydrogens (tertiary/aromatic N) is 2. The average molecular weight is 281 g/mol. The molecule has 1 rings (SSSR count). The lowest BCUT2D eigenvalue weighted by Gasteiger charge is -2.10. The molecule has 20 heavy (non-hydrogen) atoms. The molecule has 1 aromatic heterocycles. The number of rotatable bonds is 10. The molecule has 0 aliphatic rings. The van der Waals surface area contributed by atoms with Crippen molar-refractivity contribution >= 4 is 11.6 Å². The minimum Gasteiger partial charge on any atom is -0.374 e. The monoisotopic (exact) mass is 281 g/mol. The zero-order valence-corrected chi connectivity index (χ0v) is 12.8. The molecule has 0 saturated heterocycles. The molecule has 0 saturated carbocycles. The summed E-state index contributed by atoms with van der Waals surface area (Å²) in [6.45, 7) is 8.38. The number of hydrogen-bond acceptors (Lipinski definition) is 6. The lowest BCUT2D eigenvalue weighted by Crippen LogP contribution is -2.13. The minimum atomic E-state index is 0.397. The van der Waals surface area contributed by atoms with Gasteiger partial charge >= 0.3 is 0 Å². The van der Waals surface area contributed by atoms with Crippen molar-refractivity contribution in [3.8, 4) is 0 Å². The van der Waals surface area contributed by atoms with Crippen molar-refractivity contribution in [1.29, 1.82) is 0 Å². The van der Waals surface area contributed by atoms with Crippen molar-refractivity contribution in [3.63, 3.8) is 0 Å². The second-order valence-electron chi connectivity index (χ2n) is 5.15. The summed E-state index contributed by atoms with van der Waals surface area (Å²) in [4.78, 5) is 8.65. The smallest absolute Gasteiger partial charge is 0.158 e. The van der Waals surface area contributed by atoms with Gasteiger partial charge in [-0.2, -0.15) is 0 Å². The maximum atomic E-state index is 5.42. The van der Waals surface area contributed by atoms with Gasteiger partial charge in [-0.25, -0.2) is 15.8 Å². The van der Waals surface area contributed by atoms with Gasteiger partial charge in [0, 0.05) is 19.2 Å². The largest absolute Gasteiger partial charge is 0.374 e. The highest BCUT2D eigenvalue weighted by Crippen LogP contribution is 2.12. The van der Waals surface area contributed by atoms with Crippen LogP contribution in [0.3, 0.4) is 0 Å². The summed E-state index contributed by atoms with van der Waals surface area (Å²) in [5.74, 6) is 8.19. The van der Waals surface area contributed by atoms with E-state index in [4.69, 9.17) is 10.6 Å². The Morgan fingerprint density at radius 3 is 2.65 bits per heavy atom. The van der Waals surface area contributed by atoms with Gasteiger partial charge in [-0.15, -0.1) is 0 Å². The molecule has 0 aliphatic carbocycles. The van der Waals surface area contributed by atoms with Crippen molar-refractivity contribution in [2.45, 2.75) is 46.6 Å². The number of nitrogens with one attached hydrogen (secondary N) is 2. The molecule has 0 amide bonds. The number of aromatic nitrogens is 2.